The van der Waals surface area contributed by atoms with Crippen LogP contribution in [0, 0.1) is 0 Å². The Hall–Kier alpha value is -0.610. The first-order chi connectivity index (χ1) is 6.13. The molecule has 1 aromatic heterocycles. The Morgan fingerprint density at radius 1 is 1.69 bits per heavy atom. The molecule has 13 heavy (non-hydrogen) atoms. The summed E-state index contributed by atoms with van der Waals surface area (Å²) < 4.78 is 5.88. The maximum absolute atomic E-state index is 5.67. The first-order valence-electron chi connectivity index (χ1n) is 4.07. The minimum Gasteiger partial charge on any atom is -0.480 e. The maximum atomic E-state index is 5.67. The van der Waals surface area contributed by atoms with Crippen LogP contribution in [-0.4, -0.2) is 18.1 Å². The molecule has 0 saturated carbocycles. The third-order valence-corrected chi connectivity index (χ3v) is 2.18. The Morgan fingerprint density at radius 3 is 2.85 bits per heavy atom. The van der Waals surface area contributed by atoms with Crippen LogP contribution in [0.5, 0.6) is 5.88 Å². The molecule has 0 spiro atoms. The molecule has 0 aromatic carbocycles. The van der Waals surface area contributed by atoms with E-state index in [0.29, 0.717) is 5.88 Å². The van der Waals surface area contributed by atoms with Gasteiger partial charge < -0.3 is 10.5 Å². The molecule has 0 aliphatic rings. The Bertz CT molecular complexity index is 289. The zero-order valence-corrected chi connectivity index (χ0v) is 9.34. The topological polar surface area (TPSA) is 48.1 Å². The molecule has 1 aromatic rings. The van der Waals surface area contributed by atoms with Crippen molar-refractivity contribution in [1.82, 2.24) is 4.98 Å². The molecule has 1 heterocycles. The Labute approximate surface area is 86.4 Å². The molecule has 0 saturated heterocycles. The van der Waals surface area contributed by atoms with Gasteiger partial charge in [0, 0.05) is 12.2 Å². The van der Waals surface area contributed by atoms with E-state index in [4.69, 9.17) is 10.5 Å². The highest BCUT2D eigenvalue weighted by molar-refractivity contribution is 9.10. The molecule has 1 unspecified atom stereocenters. The van der Waals surface area contributed by atoms with E-state index in [1.54, 1.807) is 13.3 Å². The number of pyridine rings is 1. The number of hydrogen-bond acceptors (Lipinski definition) is 3. The first-order valence-corrected chi connectivity index (χ1v) is 4.86. The summed E-state index contributed by atoms with van der Waals surface area (Å²) in [4.78, 5) is 4.13. The van der Waals surface area contributed by atoms with Crippen molar-refractivity contribution in [3.05, 3.63) is 22.3 Å². The maximum Gasteiger partial charge on any atom is 0.227 e. The summed E-state index contributed by atoms with van der Waals surface area (Å²) in [7, 11) is 1.60. The van der Waals surface area contributed by atoms with Crippen molar-refractivity contribution in [2.75, 3.05) is 7.11 Å². The van der Waals surface area contributed by atoms with Crippen molar-refractivity contribution in [2.24, 2.45) is 5.73 Å². The van der Waals surface area contributed by atoms with E-state index < -0.39 is 0 Å². The lowest BCUT2D eigenvalue weighted by Gasteiger charge is -2.07. The SMILES string of the molecule is COc1ncc(CC(C)N)cc1Br. The predicted molar refractivity (Wildman–Crippen MR) is 55.8 cm³/mol. The van der Waals surface area contributed by atoms with Crippen molar-refractivity contribution < 1.29 is 4.74 Å². The van der Waals surface area contributed by atoms with Crippen LogP contribution in [-0.2, 0) is 6.42 Å². The fraction of sp³-hybridized carbons (Fsp3) is 0.444. The van der Waals surface area contributed by atoms with Crippen molar-refractivity contribution >= 4 is 15.9 Å². The van der Waals surface area contributed by atoms with Gasteiger partial charge in [-0.3, -0.25) is 0 Å². The smallest absolute Gasteiger partial charge is 0.227 e. The molecular formula is C9H13BrN2O. The van der Waals surface area contributed by atoms with Crippen LogP contribution < -0.4 is 10.5 Å². The van der Waals surface area contributed by atoms with Crippen molar-refractivity contribution in [1.29, 1.82) is 0 Å². The lowest BCUT2D eigenvalue weighted by atomic mass is 10.1. The molecular weight excluding hydrogens is 232 g/mol. The van der Waals surface area contributed by atoms with Crippen LogP contribution in [0.1, 0.15) is 12.5 Å². The third-order valence-electron chi connectivity index (χ3n) is 1.62. The highest BCUT2D eigenvalue weighted by Crippen LogP contribution is 2.22. The van der Waals surface area contributed by atoms with Crippen molar-refractivity contribution in [3.8, 4) is 5.88 Å². The average Bonchev–Trinajstić information content (AvgIpc) is 2.03. The standard InChI is InChI=1S/C9H13BrN2O/c1-6(11)3-7-4-8(10)9(13-2)12-5-7/h4-6H,3,11H2,1-2H3. The normalized spacial score (nSPS) is 12.6. The number of aromatic nitrogens is 1. The van der Waals surface area contributed by atoms with Crippen molar-refractivity contribution in [3.63, 3.8) is 0 Å². The predicted octanol–water partition coefficient (Wildman–Crippen LogP) is 1.74. The average molecular weight is 245 g/mol. The van der Waals surface area contributed by atoms with Gasteiger partial charge in [-0.1, -0.05) is 0 Å². The molecule has 0 bridgehead atoms. The van der Waals surface area contributed by atoms with Gasteiger partial charge in [-0.2, -0.15) is 0 Å². The van der Waals surface area contributed by atoms with Gasteiger partial charge in [0.05, 0.1) is 11.6 Å². The van der Waals surface area contributed by atoms with Crippen LogP contribution in [0.25, 0.3) is 0 Å². The van der Waals surface area contributed by atoms with E-state index in [2.05, 4.69) is 20.9 Å². The summed E-state index contributed by atoms with van der Waals surface area (Å²) in [6.07, 6.45) is 2.61. The summed E-state index contributed by atoms with van der Waals surface area (Å²) >= 11 is 3.37. The first kappa shape index (κ1) is 10.5. The second kappa shape index (κ2) is 4.58. The Kier molecular flexibility index (Phi) is 3.69. The van der Waals surface area contributed by atoms with E-state index in [1.165, 1.54) is 0 Å². The Morgan fingerprint density at radius 2 is 2.38 bits per heavy atom. The number of hydrogen-bond donors (Lipinski definition) is 1. The molecule has 0 amide bonds. The second-order valence-corrected chi connectivity index (χ2v) is 3.87. The van der Waals surface area contributed by atoms with E-state index in [1.807, 2.05) is 13.0 Å². The van der Waals surface area contributed by atoms with Gasteiger partial charge in [-0.15, -0.1) is 0 Å². The number of ether oxygens (including phenoxy) is 1. The highest BCUT2D eigenvalue weighted by Gasteiger charge is 2.04. The third kappa shape index (κ3) is 2.97. The molecule has 1 atom stereocenters. The second-order valence-electron chi connectivity index (χ2n) is 3.02. The molecule has 72 valence electrons. The monoisotopic (exact) mass is 244 g/mol. The minimum atomic E-state index is 0.155. The highest BCUT2D eigenvalue weighted by atomic mass is 79.9. The zero-order chi connectivity index (χ0) is 9.84. The van der Waals surface area contributed by atoms with Crippen molar-refractivity contribution in [2.45, 2.75) is 19.4 Å². The van der Waals surface area contributed by atoms with Gasteiger partial charge in [0.25, 0.3) is 0 Å². The molecule has 3 nitrogen and oxygen atoms in total. The van der Waals surface area contributed by atoms with Gasteiger partial charge in [-0.25, -0.2) is 4.98 Å². The van der Waals surface area contributed by atoms with Gasteiger partial charge in [-0.05, 0) is 40.9 Å². The molecule has 4 heteroatoms. The van der Waals surface area contributed by atoms with E-state index in [-0.39, 0.29) is 6.04 Å². The van der Waals surface area contributed by atoms with E-state index in [0.717, 1.165) is 16.5 Å². The molecule has 2 N–H and O–H groups in total. The largest absolute Gasteiger partial charge is 0.480 e. The zero-order valence-electron chi connectivity index (χ0n) is 7.75. The number of nitrogens with zero attached hydrogens (tertiary/aromatic N) is 1. The summed E-state index contributed by atoms with van der Waals surface area (Å²) in [6, 6.07) is 2.14. The van der Waals surface area contributed by atoms with Gasteiger partial charge in [0.2, 0.25) is 5.88 Å². The Balaban J connectivity index is 2.83. The van der Waals surface area contributed by atoms with E-state index >= 15 is 0 Å². The quantitative estimate of drug-likeness (QED) is 0.882. The van der Waals surface area contributed by atoms with Crippen LogP contribution in [0.2, 0.25) is 0 Å². The van der Waals surface area contributed by atoms with Crippen LogP contribution >= 0.6 is 15.9 Å². The number of nitrogens with two attached hydrogens (primary N) is 1. The molecule has 0 radical (unpaired) electrons. The summed E-state index contributed by atoms with van der Waals surface area (Å²) in [5, 5.41) is 0. The number of halogens is 1. The molecule has 0 aliphatic carbocycles. The fourth-order valence-corrected chi connectivity index (χ4v) is 1.66. The molecule has 0 aliphatic heterocycles. The summed E-state index contributed by atoms with van der Waals surface area (Å²) in [5.74, 6) is 0.605. The van der Waals surface area contributed by atoms with Gasteiger partial charge in [0.1, 0.15) is 0 Å². The lowest BCUT2D eigenvalue weighted by Crippen LogP contribution is -2.17. The fourth-order valence-electron chi connectivity index (χ4n) is 1.10. The molecule has 0 fully saturated rings. The van der Waals surface area contributed by atoms with Gasteiger partial charge in [0.15, 0.2) is 0 Å². The minimum absolute atomic E-state index is 0.155. The summed E-state index contributed by atoms with van der Waals surface area (Å²) in [6.45, 7) is 1.97. The van der Waals surface area contributed by atoms with Crippen LogP contribution in [0.4, 0.5) is 0 Å². The van der Waals surface area contributed by atoms with E-state index in [9.17, 15) is 0 Å². The van der Waals surface area contributed by atoms with Gasteiger partial charge >= 0.3 is 0 Å². The summed E-state index contributed by atoms with van der Waals surface area (Å²) in [5.41, 5.74) is 6.78. The van der Waals surface area contributed by atoms with Crippen LogP contribution in [0.3, 0.4) is 0 Å². The number of rotatable bonds is 3. The lowest BCUT2D eigenvalue weighted by molar-refractivity contribution is 0.394. The number of methoxy groups -OCH3 is 1. The molecule has 1 rings (SSSR count). The van der Waals surface area contributed by atoms with Crippen LogP contribution in [0.15, 0.2) is 16.7 Å².